The van der Waals surface area contributed by atoms with Crippen molar-refractivity contribution in [3.05, 3.63) is 35.2 Å². The van der Waals surface area contributed by atoms with Crippen LogP contribution in [0.3, 0.4) is 0 Å². The lowest BCUT2D eigenvalue weighted by atomic mass is 10.4. The first-order valence-corrected chi connectivity index (χ1v) is 5.69. The second kappa shape index (κ2) is 4.16. The summed E-state index contributed by atoms with van der Waals surface area (Å²) >= 11 is 2.59. The molecule has 0 spiro atoms. The van der Waals surface area contributed by atoms with E-state index < -0.39 is 11.6 Å². The Hall–Kier alpha value is -1.14. The van der Waals surface area contributed by atoms with Crippen LogP contribution in [0.2, 0.25) is 0 Å². The molecule has 0 aliphatic rings. The Morgan fingerprint density at radius 2 is 2.13 bits per heavy atom. The van der Waals surface area contributed by atoms with Crippen molar-refractivity contribution in [1.29, 1.82) is 0 Å². The lowest BCUT2D eigenvalue weighted by Gasteiger charge is -2.02. The summed E-state index contributed by atoms with van der Waals surface area (Å²) in [5.41, 5.74) is 5.26. The molecule has 2 nitrogen and oxygen atoms in total. The van der Waals surface area contributed by atoms with Crippen molar-refractivity contribution in [3.8, 4) is 0 Å². The number of hydrogen-bond acceptors (Lipinski definition) is 4. The molecule has 0 aliphatic carbocycles. The molecule has 2 heterocycles. The van der Waals surface area contributed by atoms with Gasteiger partial charge in [-0.15, -0.1) is 11.3 Å². The van der Waals surface area contributed by atoms with Crippen LogP contribution < -0.4 is 5.73 Å². The Balaban J connectivity index is 2.33. The topological polar surface area (TPSA) is 38.9 Å². The highest BCUT2D eigenvalue weighted by atomic mass is 32.2. The van der Waals surface area contributed by atoms with Crippen LogP contribution in [0.1, 0.15) is 0 Å². The fraction of sp³-hybridized carbons (Fsp3) is 0. The fourth-order valence-electron chi connectivity index (χ4n) is 0.952. The number of pyridine rings is 1. The number of hydrogen-bond donors (Lipinski definition) is 1. The fourth-order valence-corrected chi connectivity index (χ4v) is 2.63. The molecule has 0 radical (unpaired) electrons. The van der Waals surface area contributed by atoms with E-state index in [0.29, 0.717) is 0 Å². The molecule has 0 aliphatic heterocycles. The van der Waals surface area contributed by atoms with Gasteiger partial charge >= 0.3 is 0 Å². The molecule has 15 heavy (non-hydrogen) atoms. The average Bonchev–Trinajstić information content (AvgIpc) is 2.67. The van der Waals surface area contributed by atoms with Crippen LogP contribution in [0.25, 0.3) is 0 Å². The molecule has 0 atom stereocenters. The van der Waals surface area contributed by atoms with Gasteiger partial charge in [-0.1, -0.05) is 17.8 Å². The Morgan fingerprint density at radius 3 is 2.80 bits per heavy atom. The van der Waals surface area contributed by atoms with Crippen LogP contribution in [-0.2, 0) is 0 Å². The van der Waals surface area contributed by atoms with Crippen LogP contribution >= 0.6 is 23.1 Å². The van der Waals surface area contributed by atoms with Crippen LogP contribution in [0.4, 0.5) is 14.6 Å². The highest BCUT2D eigenvalue weighted by Crippen LogP contribution is 2.32. The number of halogens is 2. The van der Waals surface area contributed by atoms with E-state index in [9.17, 15) is 8.78 Å². The SMILES string of the molecule is Nc1nc(Sc2cccs2)c(F)cc1F. The summed E-state index contributed by atoms with van der Waals surface area (Å²) in [4.78, 5) is 3.64. The Labute approximate surface area is 93.1 Å². The molecule has 2 rings (SSSR count). The molecule has 0 unspecified atom stereocenters. The summed E-state index contributed by atoms with van der Waals surface area (Å²) in [6.45, 7) is 0. The zero-order valence-corrected chi connectivity index (χ0v) is 9.04. The number of thiophene rings is 1. The molecule has 0 saturated carbocycles. The van der Waals surface area contributed by atoms with Crippen molar-refractivity contribution in [1.82, 2.24) is 4.98 Å². The van der Waals surface area contributed by atoms with Crippen LogP contribution in [-0.4, -0.2) is 4.98 Å². The van der Waals surface area contributed by atoms with Gasteiger partial charge in [0.15, 0.2) is 17.5 Å². The van der Waals surface area contributed by atoms with Gasteiger partial charge in [0.05, 0.1) is 4.21 Å². The van der Waals surface area contributed by atoms with E-state index >= 15 is 0 Å². The van der Waals surface area contributed by atoms with Crippen LogP contribution in [0, 0.1) is 11.6 Å². The average molecular weight is 244 g/mol. The summed E-state index contributed by atoms with van der Waals surface area (Å²) in [5, 5.41) is 1.96. The molecule has 0 aromatic carbocycles. The number of nitrogen functional groups attached to an aromatic ring is 1. The Morgan fingerprint density at radius 1 is 1.33 bits per heavy atom. The first-order chi connectivity index (χ1) is 7.16. The summed E-state index contributed by atoms with van der Waals surface area (Å²) < 4.78 is 26.9. The predicted molar refractivity (Wildman–Crippen MR) is 57.0 cm³/mol. The third-order valence-electron chi connectivity index (χ3n) is 1.62. The van der Waals surface area contributed by atoms with Gasteiger partial charge in [0.2, 0.25) is 0 Å². The molecular formula is C9H6F2N2S2. The van der Waals surface area contributed by atoms with E-state index in [1.165, 1.54) is 11.3 Å². The number of rotatable bonds is 2. The molecule has 0 fully saturated rings. The Bertz CT molecular complexity index is 471. The van der Waals surface area contributed by atoms with Crippen molar-refractivity contribution >= 4 is 28.9 Å². The second-order valence-corrected chi connectivity index (χ2v) is 4.91. The predicted octanol–water partition coefficient (Wildman–Crippen LogP) is 3.15. The largest absolute Gasteiger partial charge is 0.381 e. The monoisotopic (exact) mass is 244 g/mol. The van der Waals surface area contributed by atoms with Gasteiger partial charge in [-0.3, -0.25) is 0 Å². The maximum absolute atomic E-state index is 13.2. The van der Waals surface area contributed by atoms with Crippen molar-refractivity contribution in [2.24, 2.45) is 0 Å². The van der Waals surface area contributed by atoms with Gasteiger partial charge in [-0.25, -0.2) is 13.8 Å². The Kier molecular flexibility index (Phi) is 2.88. The molecule has 0 bridgehead atoms. The lowest BCUT2D eigenvalue weighted by molar-refractivity contribution is 0.552. The highest BCUT2D eigenvalue weighted by molar-refractivity contribution is 8.01. The van der Waals surface area contributed by atoms with E-state index in [2.05, 4.69) is 4.98 Å². The van der Waals surface area contributed by atoms with Gasteiger partial charge in [0.25, 0.3) is 0 Å². The molecule has 2 N–H and O–H groups in total. The number of nitrogens with two attached hydrogens (primary N) is 1. The third-order valence-corrected chi connectivity index (χ3v) is 3.63. The van der Waals surface area contributed by atoms with E-state index in [4.69, 9.17) is 5.73 Å². The number of nitrogens with zero attached hydrogens (tertiary/aromatic N) is 1. The van der Waals surface area contributed by atoms with E-state index in [0.717, 1.165) is 22.0 Å². The molecule has 6 heteroatoms. The quantitative estimate of drug-likeness (QED) is 0.882. The van der Waals surface area contributed by atoms with Crippen molar-refractivity contribution < 1.29 is 8.78 Å². The van der Waals surface area contributed by atoms with Crippen molar-refractivity contribution in [2.45, 2.75) is 9.24 Å². The molecular weight excluding hydrogens is 238 g/mol. The first-order valence-electron chi connectivity index (χ1n) is 3.99. The zero-order valence-electron chi connectivity index (χ0n) is 7.41. The maximum atomic E-state index is 13.2. The van der Waals surface area contributed by atoms with Crippen LogP contribution in [0.15, 0.2) is 32.8 Å². The first kappa shape index (κ1) is 10.4. The number of anilines is 1. The molecule has 78 valence electrons. The third kappa shape index (κ3) is 2.27. The van der Waals surface area contributed by atoms with Gasteiger partial charge in [0, 0.05) is 6.07 Å². The molecule has 2 aromatic rings. The van der Waals surface area contributed by atoms with E-state index in [1.807, 2.05) is 17.5 Å². The summed E-state index contributed by atoms with van der Waals surface area (Å²) in [6, 6.07) is 4.42. The van der Waals surface area contributed by atoms with E-state index in [-0.39, 0.29) is 10.8 Å². The van der Waals surface area contributed by atoms with Crippen LogP contribution in [0.5, 0.6) is 0 Å². The standard InChI is InChI=1S/C9H6F2N2S2/c10-5-4-6(11)9(13-8(5)12)15-7-2-1-3-14-7/h1-4H,(H2,12,13). The summed E-state index contributed by atoms with van der Waals surface area (Å²) in [7, 11) is 0. The van der Waals surface area contributed by atoms with Gasteiger partial charge in [-0.2, -0.15) is 0 Å². The normalized spacial score (nSPS) is 10.5. The minimum Gasteiger partial charge on any atom is -0.381 e. The molecule has 0 saturated heterocycles. The smallest absolute Gasteiger partial charge is 0.168 e. The van der Waals surface area contributed by atoms with Gasteiger partial charge in [-0.05, 0) is 11.4 Å². The minimum atomic E-state index is -0.831. The maximum Gasteiger partial charge on any atom is 0.168 e. The van der Waals surface area contributed by atoms with E-state index in [1.54, 1.807) is 0 Å². The summed E-state index contributed by atoms with van der Waals surface area (Å²) in [5.74, 6) is -1.81. The highest BCUT2D eigenvalue weighted by Gasteiger charge is 2.11. The molecule has 0 amide bonds. The molecule has 2 aromatic heterocycles. The van der Waals surface area contributed by atoms with Gasteiger partial charge < -0.3 is 5.73 Å². The second-order valence-electron chi connectivity index (χ2n) is 2.68. The van der Waals surface area contributed by atoms with Crippen molar-refractivity contribution in [3.63, 3.8) is 0 Å². The lowest BCUT2D eigenvalue weighted by Crippen LogP contribution is -1.98. The minimum absolute atomic E-state index is 0.0938. The van der Waals surface area contributed by atoms with Gasteiger partial charge in [0.1, 0.15) is 5.03 Å². The summed E-state index contributed by atoms with van der Waals surface area (Å²) in [6.07, 6.45) is 0. The van der Waals surface area contributed by atoms with Crippen molar-refractivity contribution in [2.75, 3.05) is 5.73 Å². The zero-order chi connectivity index (χ0) is 10.8. The number of aromatic nitrogens is 1.